The van der Waals surface area contributed by atoms with Gasteiger partial charge in [-0.3, -0.25) is 4.79 Å². The molecule has 0 N–H and O–H groups in total. The maximum absolute atomic E-state index is 13.2. The molecule has 1 aromatic carbocycles. The second-order valence-corrected chi connectivity index (χ2v) is 5.24. The van der Waals surface area contributed by atoms with E-state index in [-0.39, 0.29) is 19.4 Å². The van der Waals surface area contributed by atoms with E-state index in [1.807, 2.05) is 25.1 Å². The normalized spacial score (nSPS) is 19.4. The van der Waals surface area contributed by atoms with Crippen molar-refractivity contribution in [1.82, 2.24) is 4.90 Å². The molecule has 2 rings (SSSR count). The van der Waals surface area contributed by atoms with Gasteiger partial charge in [-0.25, -0.2) is 0 Å². The van der Waals surface area contributed by atoms with E-state index in [1.54, 1.807) is 6.92 Å². The van der Waals surface area contributed by atoms with E-state index < -0.39 is 18.1 Å². The highest BCUT2D eigenvalue weighted by molar-refractivity contribution is 5.76. The number of carbonyl (C=O) groups is 1. The van der Waals surface area contributed by atoms with Crippen molar-refractivity contribution in [2.45, 2.75) is 51.9 Å². The Hall–Kier alpha value is -1.52. The molecule has 1 aliphatic rings. The number of rotatable bonds is 1. The zero-order chi connectivity index (χ0) is 14.9. The lowest BCUT2D eigenvalue weighted by molar-refractivity contribution is -0.191. The van der Waals surface area contributed by atoms with Gasteiger partial charge in [-0.15, -0.1) is 0 Å². The first-order chi connectivity index (χ1) is 9.32. The third-order valence-electron chi connectivity index (χ3n) is 3.77. The first-order valence-corrected chi connectivity index (χ1v) is 6.77. The topological polar surface area (TPSA) is 20.3 Å². The molecule has 0 saturated carbocycles. The van der Waals surface area contributed by atoms with E-state index in [2.05, 4.69) is 0 Å². The van der Waals surface area contributed by atoms with E-state index in [0.717, 1.165) is 21.6 Å². The molecule has 1 heterocycles. The summed E-state index contributed by atoms with van der Waals surface area (Å²) >= 11 is 0. The first-order valence-electron chi connectivity index (χ1n) is 6.77. The smallest absolute Gasteiger partial charge is 0.326 e. The lowest BCUT2D eigenvalue weighted by Gasteiger charge is -2.31. The molecular formula is C15H18F3NO. The van der Waals surface area contributed by atoms with Crippen molar-refractivity contribution in [2.75, 3.05) is 0 Å². The van der Waals surface area contributed by atoms with E-state index in [0.29, 0.717) is 6.42 Å². The van der Waals surface area contributed by atoms with Crippen molar-refractivity contribution < 1.29 is 18.0 Å². The highest BCUT2D eigenvalue weighted by Crippen LogP contribution is 2.33. The minimum atomic E-state index is -4.37. The SMILES string of the molecule is CCC(=O)N1Cc2ccc(C)cc2CC[C@H]1C(F)(F)F. The van der Waals surface area contributed by atoms with Crippen LogP contribution < -0.4 is 0 Å². The van der Waals surface area contributed by atoms with Crippen LogP contribution in [0.1, 0.15) is 36.5 Å². The van der Waals surface area contributed by atoms with Crippen LogP contribution in [-0.2, 0) is 17.8 Å². The molecule has 0 fully saturated rings. The van der Waals surface area contributed by atoms with E-state index >= 15 is 0 Å². The summed E-state index contributed by atoms with van der Waals surface area (Å²) in [5, 5.41) is 0. The van der Waals surface area contributed by atoms with Crippen LogP contribution in [0.5, 0.6) is 0 Å². The van der Waals surface area contributed by atoms with Gasteiger partial charge in [-0.05, 0) is 30.9 Å². The number of amides is 1. The first kappa shape index (κ1) is 14.9. The summed E-state index contributed by atoms with van der Waals surface area (Å²) in [7, 11) is 0. The Balaban J connectivity index is 2.39. The van der Waals surface area contributed by atoms with Gasteiger partial charge in [-0.1, -0.05) is 30.7 Å². The molecule has 20 heavy (non-hydrogen) atoms. The Morgan fingerprint density at radius 3 is 2.65 bits per heavy atom. The molecule has 110 valence electrons. The van der Waals surface area contributed by atoms with Gasteiger partial charge in [0.2, 0.25) is 5.91 Å². The second kappa shape index (κ2) is 5.46. The average molecular weight is 285 g/mol. The van der Waals surface area contributed by atoms with E-state index in [9.17, 15) is 18.0 Å². The average Bonchev–Trinajstić information content (AvgIpc) is 2.56. The van der Waals surface area contributed by atoms with E-state index in [1.165, 1.54) is 0 Å². The van der Waals surface area contributed by atoms with Gasteiger partial charge in [-0.2, -0.15) is 13.2 Å². The third-order valence-corrected chi connectivity index (χ3v) is 3.77. The lowest BCUT2D eigenvalue weighted by Crippen LogP contribution is -2.47. The number of alkyl halides is 3. The predicted molar refractivity (Wildman–Crippen MR) is 70.2 cm³/mol. The summed E-state index contributed by atoms with van der Waals surface area (Å²) < 4.78 is 39.5. The number of benzene rings is 1. The van der Waals surface area contributed by atoms with Crippen molar-refractivity contribution in [1.29, 1.82) is 0 Å². The van der Waals surface area contributed by atoms with Crippen LogP contribution in [0, 0.1) is 6.92 Å². The van der Waals surface area contributed by atoms with Crippen LogP contribution in [-0.4, -0.2) is 23.0 Å². The minimum absolute atomic E-state index is 0.0481. The molecule has 0 saturated heterocycles. The van der Waals surface area contributed by atoms with Crippen molar-refractivity contribution in [3.63, 3.8) is 0 Å². The van der Waals surface area contributed by atoms with E-state index in [4.69, 9.17) is 0 Å². The summed E-state index contributed by atoms with van der Waals surface area (Å²) in [5.74, 6) is -0.444. The molecule has 0 aromatic heterocycles. The Bertz CT molecular complexity index is 510. The quantitative estimate of drug-likeness (QED) is 0.772. The van der Waals surface area contributed by atoms with Gasteiger partial charge in [0, 0.05) is 13.0 Å². The fourth-order valence-electron chi connectivity index (χ4n) is 2.69. The Morgan fingerprint density at radius 2 is 2.05 bits per heavy atom. The maximum atomic E-state index is 13.2. The summed E-state index contributed by atoms with van der Waals surface area (Å²) in [6.07, 6.45) is -3.99. The Morgan fingerprint density at radius 1 is 1.35 bits per heavy atom. The van der Waals surface area contributed by atoms with Crippen molar-refractivity contribution in [2.24, 2.45) is 0 Å². The van der Waals surface area contributed by atoms with Gasteiger partial charge in [0.1, 0.15) is 6.04 Å². The number of fused-ring (bicyclic) bond motifs is 1. The molecule has 5 heteroatoms. The Kier molecular flexibility index (Phi) is 4.06. The number of aryl methyl sites for hydroxylation is 2. The molecule has 0 spiro atoms. The fourth-order valence-corrected chi connectivity index (χ4v) is 2.69. The largest absolute Gasteiger partial charge is 0.408 e. The summed E-state index contributed by atoms with van der Waals surface area (Å²) in [5.41, 5.74) is 2.78. The number of carbonyl (C=O) groups excluding carboxylic acids is 1. The molecule has 1 atom stereocenters. The molecule has 1 aliphatic heterocycles. The van der Waals surface area contributed by atoms with Gasteiger partial charge < -0.3 is 4.90 Å². The number of halogens is 3. The van der Waals surface area contributed by atoms with Crippen LogP contribution in [0.2, 0.25) is 0 Å². The second-order valence-electron chi connectivity index (χ2n) is 5.24. The minimum Gasteiger partial charge on any atom is -0.326 e. The number of nitrogens with zero attached hydrogens (tertiary/aromatic N) is 1. The maximum Gasteiger partial charge on any atom is 0.408 e. The highest BCUT2D eigenvalue weighted by atomic mass is 19.4. The van der Waals surface area contributed by atoms with Crippen LogP contribution >= 0.6 is 0 Å². The van der Waals surface area contributed by atoms with Crippen molar-refractivity contribution in [3.8, 4) is 0 Å². The van der Waals surface area contributed by atoms with Crippen molar-refractivity contribution >= 4 is 5.91 Å². The zero-order valence-electron chi connectivity index (χ0n) is 11.6. The van der Waals surface area contributed by atoms with Crippen LogP contribution in [0.15, 0.2) is 18.2 Å². The predicted octanol–water partition coefficient (Wildman–Crippen LogP) is 3.61. The van der Waals surface area contributed by atoms with Gasteiger partial charge in [0.05, 0.1) is 0 Å². The fraction of sp³-hybridized carbons (Fsp3) is 0.533. The van der Waals surface area contributed by atoms with Crippen LogP contribution in [0.3, 0.4) is 0 Å². The molecular weight excluding hydrogens is 267 g/mol. The van der Waals surface area contributed by atoms with Crippen LogP contribution in [0.4, 0.5) is 13.2 Å². The molecule has 2 nitrogen and oxygen atoms in total. The summed E-state index contributed by atoms with van der Waals surface area (Å²) in [6.45, 7) is 3.56. The zero-order valence-corrected chi connectivity index (χ0v) is 11.6. The molecule has 0 bridgehead atoms. The molecule has 0 aliphatic carbocycles. The third kappa shape index (κ3) is 2.97. The number of hydrogen-bond acceptors (Lipinski definition) is 1. The standard InChI is InChI=1S/C15H18F3NO/c1-3-14(20)19-9-12-5-4-10(2)8-11(12)6-7-13(19)15(16,17)18/h4-5,8,13H,3,6-7,9H2,1-2H3/t13-/m0/s1. The molecule has 0 unspecified atom stereocenters. The van der Waals surface area contributed by atoms with Gasteiger partial charge >= 0.3 is 6.18 Å². The molecule has 0 radical (unpaired) electrons. The Labute approximate surface area is 116 Å². The summed E-state index contributed by atoms with van der Waals surface area (Å²) in [4.78, 5) is 12.9. The van der Waals surface area contributed by atoms with Gasteiger partial charge in [0.15, 0.2) is 0 Å². The summed E-state index contributed by atoms with van der Waals surface area (Å²) in [6, 6.07) is 3.95. The highest BCUT2D eigenvalue weighted by Gasteiger charge is 2.45. The van der Waals surface area contributed by atoms with Gasteiger partial charge in [0.25, 0.3) is 0 Å². The molecule has 1 aromatic rings. The monoisotopic (exact) mass is 285 g/mol. The van der Waals surface area contributed by atoms with Crippen molar-refractivity contribution in [3.05, 3.63) is 34.9 Å². The number of hydrogen-bond donors (Lipinski definition) is 0. The van der Waals surface area contributed by atoms with Crippen LogP contribution in [0.25, 0.3) is 0 Å². The molecule has 1 amide bonds. The lowest BCUT2D eigenvalue weighted by atomic mass is 10.0.